The molecule has 212 valence electrons. The number of aromatic nitrogens is 3. The van der Waals surface area contributed by atoms with Crippen molar-refractivity contribution in [2.45, 2.75) is 38.3 Å². The monoisotopic (exact) mass is 562 g/mol. The molecule has 0 fully saturated rings. The highest BCUT2D eigenvalue weighted by molar-refractivity contribution is 5.96. The van der Waals surface area contributed by atoms with E-state index in [0.29, 0.717) is 30.2 Å². The van der Waals surface area contributed by atoms with Crippen LogP contribution in [0.2, 0.25) is 0 Å². The number of ether oxygens (including phenoxy) is 2. The lowest BCUT2D eigenvalue weighted by atomic mass is 9.77. The Morgan fingerprint density at radius 2 is 1.32 bits per heavy atom. The summed E-state index contributed by atoms with van der Waals surface area (Å²) >= 11 is 0. The number of benzene rings is 3. The van der Waals surface area contributed by atoms with Gasteiger partial charge in [-0.15, -0.1) is 0 Å². The molecule has 1 amide bonds. The Bertz CT molecular complexity index is 1450. The smallest absolute Gasteiger partial charge is 0.348 e. The Balaban J connectivity index is 1.96. The highest BCUT2D eigenvalue weighted by Crippen LogP contribution is 2.36. The first-order chi connectivity index (χ1) is 19.7. The third-order valence-corrected chi connectivity index (χ3v) is 6.44. The van der Waals surface area contributed by atoms with Gasteiger partial charge in [-0.05, 0) is 59.7 Å². The maximum atomic E-state index is 14.1. The number of hydrogen-bond acceptors (Lipinski definition) is 7. The number of nitrogens with one attached hydrogen (secondary N) is 1. The van der Waals surface area contributed by atoms with Gasteiger partial charge in [0, 0.05) is 18.4 Å². The number of methoxy groups -OCH3 is 1. The Hall–Kier alpha value is -4.93. The van der Waals surface area contributed by atoms with Gasteiger partial charge in [0.2, 0.25) is 6.10 Å². The predicted octanol–water partition coefficient (Wildman–Crippen LogP) is 4.49. The SMILES string of the molecule is CCc1nc(CC)nc(OC(C(=O)O)C(NC(=O)c2ccc(OC)cc2)(c2ccc(F)cc2)c2ccc(F)cc2)n1. The first kappa shape index (κ1) is 29.1. The molecule has 9 nitrogen and oxygen atoms in total. The Morgan fingerprint density at radius 1 is 0.829 bits per heavy atom. The molecule has 0 radical (unpaired) electrons. The molecule has 11 heteroatoms. The maximum Gasteiger partial charge on any atom is 0.348 e. The molecule has 2 N–H and O–H groups in total. The fraction of sp³-hybridized carbons (Fsp3) is 0.233. The normalized spacial score (nSPS) is 11.9. The molecule has 0 aliphatic carbocycles. The summed E-state index contributed by atoms with van der Waals surface area (Å²) in [4.78, 5) is 39.6. The number of aliphatic carboxylic acids is 1. The maximum absolute atomic E-state index is 14.1. The van der Waals surface area contributed by atoms with Gasteiger partial charge in [-0.25, -0.2) is 18.6 Å². The highest BCUT2D eigenvalue weighted by Gasteiger charge is 2.50. The minimum absolute atomic E-state index is 0.153. The van der Waals surface area contributed by atoms with E-state index < -0.39 is 35.2 Å². The quantitative estimate of drug-likeness (QED) is 0.274. The van der Waals surface area contributed by atoms with Crippen LogP contribution in [0, 0.1) is 11.6 Å². The lowest BCUT2D eigenvalue weighted by molar-refractivity contribution is -0.148. The van der Waals surface area contributed by atoms with Crippen molar-refractivity contribution in [2.75, 3.05) is 7.11 Å². The van der Waals surface area contributed by atoms with E-state index in [0.717, 1.165) is 24.3 Å². The molecule has 0 spiro atoms. The van der Waals surface area contributed by atoms with Crippen molar-refractivity contribution in [3.63, 3.8) is 0 Å². The molecule has 0 aliphatic heterocycles. The summed E-state index contributed by atoms with van der Waals surface area (Å²) in [6.07, 6.45) is -1.05. The van der Waals surface area contributed by atoms with Crippen molar-refractivity contribution in [3.05, 3.63) is 113 Å². The number of nitrogens with zero attached hydrogens (tertiary/aromatic N) is 3. The van der Waals surface area contributed by atoms with Crippen LogP contribution in [0.25, 0.3) is 0 Å². The van der Waals surface area contributed by atoms with E-state index in [-0.39, 0.29) is 22.7 Å². The average molecular weight is 563 g/mol. The summed E-state index contributed by atoms with van der Waals surface area (Å²) in [5.41, 5.74) is -1.54. The number of rotatable bonds is 11. The third kappa shape index (κ3) is 6.29. The molecule has 1 atom stereocenters. The van der Waals surface area contributed by atoms with E-state index in [9.17, 15) is 23.5 Å². The summed E-state index contributed by atoms with van der Waals surface area (Å²) in [6, 6.07) is 15.7. The van der Waals surface area contributed by atoms with Gasteiger partial charge in [0.15, 0.2) is 0 Å². The van der Waals surface area contributed by atoms with Crippen molar-refractivity contribution in [1.29, 1.82) is 0 Å². The molecular weight excluding hydrogens is 534 g/mol. The Kier molecular flexibility index (Phi) is 8.86. The molecule has 0 saturated heterocycles. The van der Waals surface area contributed by atoms with Crippen LogP contribution < -0.4 is 14.8 Å². The van der Waals surface area contributed by atoms with Crippen molar-refractivity contribution >= 4 is 11.9 Å². The van der Waals surface area contributed by atoms with Crippen molar-refractivity contribution < 1.29 is 33.0 Å². The number of hydrogen-bond donors (Lipinski definition) is 2. The second kappa shape index (κ2) is 12.5. The van der Waals surface area contributed by atoms with Crippen molar-refractivity contribution in [3.8, 4) is 11.8 Å². The standard InChI is InChI=1S/C30H28F2N4O5/c1-4-24-33-25(5-2)35-29(34-24)41-26(28(38)39)30(19-8-12-21(31)13-9-19,20-10-14-22(32)15-11-20)36-27(37)18-6-16-23(40-3)17-7-18/h6-17,26H,4-5H2,1-3H3,(H,36,37)(H,38,39). The van der Waals surface area contributed by atoms with Gasteiger partial charge in [0.25, 0.3) is 5.91 Å². The van der Waals surface area contributed by atoms with Gasteiger partial charge in [0.05, 0.1) is 7.11 Å². The molecule has 0 saturated carbocycles. The van der Waals surface area contributed by atoms with Gasteiger partial charge >= 0.3 is 12.0 Å². The van der Waals surface area contributed by atoms with Crippen molar-refractivity contribution in [2.24, 2.45) is 0 Å². The van der Waals surface area contributed by atoms with Gasteiger partial charge in [-0.3, -0.25) is 4.79 Å². The average Bonchev–Trinajstić information content (AvgIpc) is 2.99. The van der Waals surface area contributed by atoms with E-state index in [2.05, 4.69) is 20.3 Å². The lowest BCUT2D eigenvalue weighted by Gasteiger charge is -2.39. The lowest BCUT2D eigenvalue weighted by Crippen LogP contribution is -2.60. The summed E-state index contributed by atoms with van der Waals surface area (Å²) in [5, 5.41) is 13.4. The summed E-state index contributed by atoms with van der Waals surface area (Å²) in [7, 11) is 1.48. The number of carboxylic acid groups (broad SMARTS) is 1. The number of aryl methyl sites for hydroxylation is 2. The van der Waals surface area contributed by atoms with E-state index >= 15 is 0 Å². The van der Waals surface area contributed by atoms with Crippen LogP contribution in [0.3, 0.4) is 0 Å². The van der Waals surface area contributed by atoms with Crippen LogP contribution in [0.15, 0.2) is 72.8 Å². The molecule has 0 aliphatic rings. The second-order valence-electron chi connectivity index (χ2n) is 9.00. The number of carboxylic acids is 1. The number of amides is 1. The van der Waals surface area contributed by atoms with Gasteiger partial charge in [-0.2, -0.15) is 9.97 Å². The first-order valence-corrected chi connectivity index (χ1v) is 12.8. The molecule has 1 heterocycles. The second-order valence-corrected chi connectivity index (χ2v) is 9.00. The van der Waals surface area contributed by atoms with Crippen LogP contribution in [0.1, 0.15) is 47.0 Å². The largest absolute Gasteiger partial charge is 0.497 e. The van der Waals surface area contributed by atoms with Crippen molar-refractivity contribution in [1.82, 2.24) is 20.3 Å². The van der Waals surface area contributed by atoms with Crippen LogP contribution in [0.5, 0.6) is 11.8 Å². The van der Waals surface area contributed by atoms with Crippen LogP contribution >= 0.6 is 0 Å². The molecule has 4 rings (SSSR count). The highest BCUT2D eigenvalue weighted by atomic mass is 19.1. The Morgan fingerprint density at radius 3 is 1.73 bits per heavy atom. The zero-order valence-corrected chi connectivity index (χ0v) is 22.6. The van der Waals surface area contributed by atoms with E-state index in [1.807, 2.05) is 13.8 Å². The zero-order chi connectivity index (χ0) is 29.6. The molecule has 0 bridgehead atoms. The predicted molar refractivity (Wildman–Crippen MR) is 145 cm³/mol. The summed E-state index contributed by atoms with van der Waals surface area (Å²) in [6.45, 7) is 3.65. The third-order valence-electron chi connectivity index (χ3n) is 6.44. The van der Waals surface area contributed by atoms with Crippen LogP contribution in [-0.4, -0.2) is 45.1 Å². The minimum atomic E-state index is -2.02. The molecule has 1 aromatic heterocycles. The van der Waals surface area contributed by atoms with Gasteiger partial charge in [0.1, 0.15) is 34.6 Å². The summed E-state index contributed by atoms with van der Waals surface area (Å²) in [5.74, 6) is -2.09. The molecule has 1 unspecified atom stereocenters. The molecule has 41 heavy (non-hydrogen) atoms. The fourth-order valence-corrected chi connectivity index (χ4v) is 4.34. The fourth-order valence-electron chi connectivity index (χ4n) is 4.34. The molecular formula is C30H28F2N4O5. The molecule has 4 aromatic rings. The minimum Gasteiger partial charge on any atom is -0.497 e. The zero-order valence-electron chi connectivity index (χ0n) is 22.6. The van der Waals surface area contributed by atoms with E-state index in [1.54, 1.807) is 12.1 Å². The van der Waals surface area contributed by atoms with Gasteiger partial charge in [-0.1, -0.05) is 38.1 Å². The Labute approximate surface area is 235 Å². The number of carbonyl (C=O) groups is 2. The number of carbonyl (C=O) groups excluding carboxylic acids is 1. The number of halogens is 2. The molecule has 3 aromatic carbocycles. The van der Waals surface area contributed by atoms with Crippen LogP contribution in [-0.2, 0) is 23.2 Å². The van der Waals surface area contributed by atoms with Gasteiger partial charge < -0.3 is 19.9 Å². The van der Waals surface area contributed by atoms with E-state index in [4.69, 9.17) is 9.47 Å². The summed E-state index contributed by atoms with van der Waals surface area (Å²) < 4.78 is 39.3. The van der Waals surface area contributed by atoms with Crippen LogP contribution in [0.4, 0.5) is 8.78 Å². The first-order valence-electron chi connectivity index (χ1n) is 12.8. The van der Waals surface area contributed by atoms with E-state index in [1.165, 1.54) is 43.5 Å². The topological polar surface area (TPSA) is 124 Å².